The number of benzene rings is 2. The van der Waals surface area contributed by atoms with E-state index in [4.69, 9.17) is 9.47 Å². The average Bonchev–Trinajstić information content (AvgIpc) is 2.73. The van der Waals surface area contributed by atoms with Crippen molar-refractivity contribution in [1.82, 2.24) is 5.32 Å². The summed E-state index contributed by atoms with van der Waals surface area (Å²) in [6.07, 6.45) is 0.692. The van der Waals surface area contributed by atoms with Crippen molar-refractivity contribution in [2.24, 2.45) is 0 Å². The predicted octanol–water partition coefficient (Wildman–Crippen LogP) is 2.68. The van der Waals surface area contributed by atoms with Crippen LogP contribution in [0.15, 0.2) is 53.4 Å². The predicted molar refractivity (Wildman–Crippen MR) is 108 cm³/mol. The summed E-state index contributed by atoms with van der Waals surface area (Å²) in [5.74, 6) is 0.318. The first-order chi connectivity index (χ1) is 13.4. The Balaban J connectivity index is 2.12. The fourth-order valence-corrected chi connectivity index (χ4v) is 3.75. The summed E-state index contributed by atoms with van der Waals surface area (Å²) in [4.78, 5) is 12.3. The lowest BCUT2D eigenvalue weighted by Crippen LogP contribution is -2.28. The molecule has 8 heteroatoms. The molecule has 0 fully saturated rings. The molecule has 0 radical (unpaired) electrons. The highest BCUT2D eigenvalue weighted by Gasteiger charge is 2.22. The number of carbonyl (C=O) groups excluding carboxylic acids is 1. The number of hydrogen-bond donors (Lipinski definition) is 1. The summed E-state index contributed by atoms with van der Waals surface area (Å²) in [6.45, 7) is 3.57. The van der Waals surface area contributed by atoms with Crippen molar-refractivity contribution in [3.8, 4) is 5.75 Å². The highest BCUT2D eigenvalue weighted by molar-refractivity contribution is 7.92. The molecule has 0 unspecified atom stereocenters. The molecule has 2 rings (SSSR count). The van der Waals surface area contributed by atoms with Crippen molar-refractivity contribution in [1.29, 1.82) is 0 Å². The number of sulfonamides is 1. The number of rotatable bonds is 10. The number of hydrogen-bond acceptors (Lipinski definition) is 5. The summed E-state index contributed by atoms with van der Waals surface area (Å²) in [5, 5.41) is 2.77. The van der Waals surface area contributed by atoms with Gasteiger partial charge in [-0.15, -0.1) is 0 Å². The number of methoxy groups -OCH3 is 1. The van der Waals surface area contributed by atoms with Crippen LogP contribution in [0.25, 0.3) is 0 Å². The number of ether oxygens (including phenoxy) is 2. The van der Waals surface area contributed by atoms with Gasteiger partial charge in [-0.2, -0.15) is 0 Å². The van der Waals surface area contributed by atoms with Gasteiger partial charge in [0, 0.05) is 32.4 Å². The molecule has 0 aliphatic heterocycles. The molecule has 2 aromatic rings. The second-order valence-corrected chi connectivity index (χ2v) is 7.97. The topological polar surface area (TPSA) is 84.9 Å². The zero-order valence-electron chi connectivity index (χ0n) is 16.3. The van der Waals surface area contributed by atoms with E-state index in [-0.39, 0.29) is 10.8 Å². The Morgan fingerprint density at radius 1 is 1.14 bits per heavy atom. The first kappa shape index (κ1) is 21.7. The highest BCUT2D eigenvalue weighted by Crippen LogP contribution is 2.24. The standard InChI is InChI=1S/C20H26N2O5S/c1-4-27-14-6-13-21-20(23)16-7-5-8-19(15-16)28(24,25)22(2)17-9-11-18(26-3)12-10-17/h5,7-12,15H,4,6,13-14H2,1-3H3,(H,21,23). The molecule has 0 aliphatic rings. The maximum Gasteiger partial charge on any atom is 0.264 e. The summed E-state index contributed by atoms with van der Waals surface area (Å²) in [5.41, 5.74) is 0.784. The molecule has 0 heterocycles. The number of nitrogens with one attached hydrogen (secondary N) is 1. The number of nitrogens with zero attached hydrogens (tertiary/aromatic N) is 1. The molecule has 0 atom stereocenters. The van der Waals surface area contributed by atoms with Gasteiger partial charge in [-0.3, -0.25) is 9.10 Å². The molecule has 0 aliphatic carbocycles. The Kier molecular flexibility index (Phi) is 7.83. The van der Waals surface area contributed by atoms with E-state index in [9.17, 15) is 13.2 Å². The average molecular weight is 407 g/mol. The Morgan fingerprint density at radius 2 is 1.86 bits per heavy atom. The van der Waals surface area contributed by atoms with Crippen molar-refractivity contribution in [3.63, 3.8) is 0 Å². The second kappa shape index (κ2) is 10.1. The van der Waals surface area contributed by atoms with Crippen LogP contribution in [-0.4, -0.2) is 48.2 Å². The number of anilines is 1. The molecule has 28 heavy (non-hydrogen) atoms. The SMILES string of the molecule is CCOCCCNC(=O)c1cccc(S(=O)(=O)N(C)c2ccc(OC)cc2)c1. The quantitative estimate of drug-likeness (QED) is 0.613. The van der Waals surface area contributed by atoms with Crippen LogP contribution in [0, 0.1) is 0 Å². The maximum absolute atomic E-state index is 12.9. The third-order valence-corrected chi connectivity index (χ3v) is 5.93. The van der Waals surface area contributed by atoms with E-state index in [1.165, 1.54) is 23.5 Å². The largest absolute Gasteiger partial charge is 0.497 e. The third kappa shape index (κ3) is 5.46. The molecule has 0 saturated heterocycles. The van der Waals surface area contributed by atoms with Crippen molar-refractivity contribution in [3.05, 3.63) is 54.1 Å². The van der Waals surface area contributed by atoms with Gasteiger partial charge in [0.05, 0.1) is 17.7 Å². The minimum atomic E-state index is -3.81. The molecule has 0 aromatic heterocycles. The maximum atomic E-state index is 12.9. The second-order valence-electron chi connectivity index (χ2n) is 6.00. The fraction of sp³-hybridized carbons (Fsp3) is 0.350. The van der Waals surface area contributed by atoms with E-state index < -0.39 is 10.0 Å². The van der Waals surface area contributed by atoms with Gasteiger partial charge < -0.3 is 14.8 Å². The van der Waals surface area contributed by atoms with Crippen LogP contribution in [0.2, 0.25) is 0 Å². The summed E-state index contributed by atoms with van der Waals surface area (Å²) >= 11 is 0. The molecule has 2 aromatic carbocycles. The summed E-state index contributed by atoms with van der Waals surface area (Å²) in [6, 6.07) is 12.7. The molecule has 1 N–H and O–H groups in total. The van der Waals surface area contributed by atoms with Crippen LogP contribution >= 0.6 is 0 Å². The number of carbonyl (C=O) groups is 1. The summed E-state index contributed by atoms with van der Waals surface area (Å²) < 4.78 is 37.4. The van der Waals surface area contributed by atoms with Crippen LogP contribution in [0.5, 0.6) is 5.75 Å². The minimum Gasteiger partial charge on any atom is -0.497 e. The smallest absolute Gasteiger partial charge is 0.264 e. The molecular weight excluding hydrogens is 380 g/mol. The van der Waals surface area contributed by atoms with Crippen LogP contribution in [0.3, 0.4) is 0 Å². The van der Waals surface area contributed by atoms with E-state index >= 15 is 0 Å². The molecule has 0 spiro atoms. The van der Waals surface area contributed by atoms with E-state index in [0.29, 0.717) is 43.2 Å². The Morgan fingerprint density at radius 3 is 2.50 bits per heavy atom. The lowest BCUT2D eigenvalue weighted by atomic mass is 10.2. The first-order valence-electron chi connectivity index (χ1n) is 8.99. The molecule has 0 saturated carbocycles. The minimum absolute atomic E-state index is 0.0489. The molecule has 7 nitrogen and oxygen atoms in total. The van der Waals surface area contributed by atoms with Gasteiger partial charge in [-0.1, -0.05) is 6.07 Å². The lowest BCUT2D eigenvalue weighted by molar-refractivity contribution is 0.0944. The Bertz CT molecular complexity index is 882. The zero-order valence-corrected chi connectivity index (χ0v) is 17.2. The molecule has 152 valence electrons. The lowest BCUT2D eigenvalue weighted by Gasteiger charge is -2.20. The highest BCUT2D eigenvalue weighted by atomic mass is 32.2. The van der Waals surface area contributed by atoms with Crippen LogP contribution < -0.4 is 14.4 Å². The van der Waals surface area contributed by atoms with Crippen molar-refractivity contribution in [2.75, 3.05) is 38.2 Å². The molecule has 1 amide bonds. The number of amides is 1. The van der Waals surface area contributed by atoms with Crippen molar-refractivity contribution >= 4 is 21.6 Å². The van der Waals surface area contributed by atoms with Gasteiger partial charge in [0.15, 0.2) is 0 Å². The van der Waals surface area contributed by atoms with Gasteiger partial charge in [0.25, 0.3) is 15.9 Å². The van der Waals surface area contributed by atoms with Crippen LogP contribution in [0.4, 0.5) is 5.69 Å². The Labute approximate surface area is 166 Å². The van der Waals surface area contributed by atoms with E-state index in [1.807, 2.05) is 6.92 Å². The summed E-state index contributed by atoms with van der Waals surface area (Å²) in [7, 11) is -0.793. The monoisotopic (exact) mass is 406 g/mol. The third-order valence-electron chi connectivity index (χ3n) is 4.15. The fourth-order valence-electron chi connectivity index (χ4n) is 2.51. The van der Waals surface area contributed by atoms with Crippen molar-refractivity contribution < 1.29 is 22.7 Å². The van der Waals surface area contributed by atoms with Gasteiger partial charge >= 0.3 is 0 Å². The van der Waals surface area contributed by atoms with E-state index in [0.717, 1.165) is 0 Å². The Hall–Kier alpha value is -2.58. The van der Waals surface area contributed by atoms with Crippen LogP contribution in [0.1, 0.15) is 23.7 Å². The van der Waals surface area contributed by atoms with Crippen LogP contribution in [-0.2, 0) is 14.8 Å². The van der Waals surface area contributed by atoms with Gasteiger partial charge in [0.2, 0.25) is 0 Å². The zero-order chi connectivity index (χ0) is 20.6. The molecular formula is C20H26N2O5S. The van der Waals surface area contributed by atoms with E-state index in [2.05, 4.69) is 5.32 Å². The van der Waals surface area contributed by atoms with Gasteiger partial charge in [-0.25, -0.2) is 8.42 Å². The van der Waals surface area contributed by atoms with Gasteiger partial charge in [-0.05, 0) is 55.8 Å². The van der Waals surface area contributed by atoms with E-state index in [1.54, 1.807) is 43.5 Å². The molecule has 0 bridgehead atoms. The normalized spacial score (nSPS) is 11.1. The van der Waals surface area contributed by atoms with Gasteiger partial charge in [0.1, 0.15) is 5.75 Å². The van der Waals surface area contributed by atoms with Crippen molar-refractivity contribution in [2.45, 2.75) is 18.2 Å². The first-order valence-corrected chi connectivity index (χ1v) is 10.4.